The standard InChI is InChI=1S/C21H22O4/c1-12(2)6-5-10-21(4)11-9-14-16(25-21)8-7-15-17(14)20(24)19(23)13(3)18(15)22/h6-9,11,22H,5,10H2,1-4H3. The number of aliphatic hydroxyl groups excluding tert-OH is 1. The first-order valence-electron chi connectivity index (χ1n) is 8.41. The Bertz CT molecular complexity index is 866. The van der Waals surface area contributed by atoms with Gasteiger partial charge in [-0.3, -0.25) is 9.59 Å². The summed E-state index contributed by atoms with van der Waals surface area (Å²) in [5.74, 6) is -0.825. The van der Waals surface area contributed by atoms with E-state index in [9.17, 15) is 14.7 Å². The van der Waals surface area contributed by atoms with E-state index < -0.39 is 17.2 Å². The number of Topliss-reactive ketones (excluding diaryl/α,β-unsaturated/α-hetero) is 2. The molecule has 1 N–H and O–H groups in total. The van der Waals surface area contributed by atoms with Crippen molar-refractivity contribution in [3.8, 4) is 5.75 Å². The minimum atomic E-state index is -0.663. The molecule has 1 aliphatic carbocycles. The molecule has 2 aliphatic rings. The van der Waals surface area contributed by atoms with Gasteiger partial charge in [0, 0.05) is 22.3 Å². The fraction of sp³-hybridized carbons (Fsp3) is 0.333. The lowest BCUT2D eigenvalue weighted by Crippen LogP contribution is -2.33. The van der Waals surface area contributed by atoms with Crippen molar-refractivity contribution in [2.24, 2.45) is 0 Å². The summed E-state index contributed by atoms with van der Waals surface area (Å²) < 4.78 is 6.14. The van der Waals surface area contributed by atoms with Crippen molar-refractivity contribution >= 4 is 23.4 Å². The van der Waals surface area contributed by atoms with E-state index in [1.807, 2.05) is 19.1 Å². The predicted molar refractivity (Wildman–Crippen MR) is 97.7 cm³/mol. The Kier molecular flexibility index (Phi) is 4.15. The minimum Gasteiger partial charge on any atom is -0.507 e. The van der Waals surface area contributed by atoms with E-state index in [0.29, 0.717) is 16.9 Å². The molecule has 0 saturated heterocycles. The average Bonchev–Trinajstić information content (AvgIpc) is 2.56. The highest BCUT2D eigenvalue weighted by molar-refractivity contribution is 6.52. The third kappa shape index (κ3) is 2.93. The largest absolute Gasteiger partial charge is 0.507 e. The van der Waals surface area contributed by atoms with Gasteiger partial charge >= 0.3 is 0 Å². The minimum absolute atomic E-state index is 0.0877. The van der Waals surface area contributed by atoms with Gasteiger partial charge in [-0.1, -0.05) is 17.7 Å². The zero-order valence-corrected chi connectivity index (χ0v) is 15.0. The second-order valence-corrected chi connectivity index (χ2v) is 7.10. The van der Waals surface area contributed by atoms with E-state index in [-0.39, 0.29) is 16.9 Å². The van der Waals surface area contributed by atoms with Crippen molar-refractivity contribution in [2.75, 3.05) is 0 Å². The molecule has 0 radical (unpaired) electrons. The van der Waals surface area contributed by atoms with E-state index in [4.69, 9.17) is 4.74 Å². The number of ketones is 2. The summed E-state index contributed by atoms with van der Waals surface area (Å²) in [6.45, 7) is 7.59. The molecule has 0 amide bonds. The molecule has 0 aromatic heterocycles. The number of rotatable bonds is 3. The third-order valence-electron chi connectivity index (χ3n) is 4.73. The molecule has 0 bridgehead atoms. The molecular formula is C21H22O4. The molecule has 4 heteroatoms. The Hall–Kier alpha value is -2.62. The van der Waals surface area contributed by atoms with Crippen LogP contribution in [-0.4, -0.2) is 22.3 Å². The fourth-order valence-electron chi connectivity index (χ4n) is 3.22. The fourth-order valence-corrected chi connectivity index (χ4v) is 3.22. The van der Waals surface area contributed by atoms with E-state index >= 15 is 0 Å². The van der Waals surface area contributed by atoms with Crippen molar-refractivity contribution in [2.45, 2.75) is 46.1 Å². The maximum Gasteiger partial charge on any atom is 0.234 e. The van der Waals surface area contributed by atoms with Gasteiger partial charge in [-0.15, -0.1) is 0 Å². The Labute approximate surface area is 147 Å². The van der Waals surface area contributed by atoms with Crippen LogP contribution in [0.15, 0.2) is 35.4 Å². The lowest BCUT2D eigenvalue weighted by molar-refractivity contribution is -0.111. The van der Waals surface area contributed by atoms with Crippen LogP contribution in [0.5, 0.6) is 5.75 Å². The van der Waals surface area contributed by atoms with E-state index in [0.717, 1.165) is 12.8 Å². The number of aliphatic hydroxyl groups is 1. The van der Waals surface area contributed by atoms with Crippen LogP contribution < -0.4 is 4.74 Å². The summed E-state index contributed by atoms with van der Waals surface area (Å²) in [5, 5.41) is 10.2. The van der Waals surface area contributed by atoms with Crippen LogP contribution >= 0.6 is 0 Å². The molecule has 0 saturated carbocycles. The highest BCUT2D eigenvalue weighted by atomic mass is 16.5. The number of carbonyl (C=O) groups is 2. The molecule has 0 fully saturated rings. The van der Waals surface area contributed by atoms with Crippen molar-refractivity contribution in [1.29, 1.82) is 0 Å². The number of fused-ring (bicyclic) bond motifs is 3. The topological polar surface area (TPSA) is 63.6 Å². The van der Waals surface area contributed by atoms with Gasteiger partial charge in [-0.25, -0.2) is 0 Å². The van der Waals surface area contributed by atoms with Gasteiger partial charge in [0.2, 0.25) is 11.6 Å². The van der Waals surface area contributed by atoms with Crippen LogP contribution in [0.1, 0.15) is 62.0 Å². The molecule has 1 heterocycles. The summed E-state index contributed by atoms with van der Waals surface area (Å²) in [6, 6.07) is 3.40. The summed E-state index contributed by atoms with van der Waals surface area (Å²) in [5.41, 5.74) is 2.07. The zero-order chi connectivity index (χ0) is 18.4. The van der Waals surface area contributed by atoms with Gasteiger partial charge in [-0.2, -0.15) is 0 Å². The molecule has 1 aliphatic heterocycles. The third-order valence-corrected chi connectivity index (χ3v) is 4.73. The second kappa shape index (κ2) is 6.03. The van der Waals surface area contributed by atoms with Gasteiger partial charge in [-0.05, 0) is 58.7 Å². The first kappa shape index (κ1) is 17.2. The van der Waals surface area contributed by atoms with E-state index in [1.54, 1.807) is 12.1 Å². The van der Waals surface area contributed by atoms with Gasteiger partial charge < -0.3 is 9.84 Å². The molecule has 1 atom stereocenters. The first-order chi connectivity index (χ1) is 11.7. The monoisotopic (exact) mass is 338 g/mol. The number of carbonyl (C=O) groups excluding carboxylic acids is 2. The molecule has 4 nitrogen and oxygen atoms in total. The number of ether oxygens (including phenoxy) is 1. The van der Waals surface area contributed by atoms with Crippen molar-refractivity contribution < 1.29 is 19.4 Å². The Morgan fingerprint density at radius 3 is 2.64 bits per heavy atom. The van der Waals surface area contributed by atoms with E-state index in [2.05, 4.69) is 19.9 Å². The first-order valence-corrected chi connectivity index (χ1v) is 8.41. The Balaban J connectivity index is 2.01. The SMILES string of the molecule is CC(C)=CCCC1(C)C=Cc2c(ccc3c2C(=O)C(=O)C(C)=C3O)O1. The van der Waals surface area contributed by atoms with Crippen LogP contribution in [0.3, 0.4) is 0 Å². The maximum absolute atomic E-state index is 12.5. The van der Waals surface area contributed by atoms with E-state index in [1.165, 1.54) is 12.5 Å². The van der Waals surface area contributed by atoms with Gasteiger partial charge in [0.05, 0.1) is 0 Å². The zero-order valence-electron chi connectivity index (χ0n) is 15.0. The normalized spacial score (nSPS) is 21.6. The summed E-state index contributed by atoms with van der Waals surface area (Å²) in [7, 11) is 0. The number of hydrogen-bond acceptors (Lipinski definition) is 4. The highest BCUT2D eigenvalue weighted by Crippen LogP contribution is 2.40. The van der Waals surface area contributed by atoms with Crippen molar-refractivity contribution in [1.82, 2.24) is 0 Å². The average molecular weight is 338 g/mol. The van der Waals surface area contributed by atoms with Crippen molar-refractivity contribution in [3.05, 3.63) is 52.1 Å². The predicted octanol–water partition coefficient (Wildman–Crippen LogP) is 4.65. The van der Waals surface area contributed by atoms with Crippen LogP contribution in [-0.2, 0) is 4.79 Å². The quantitative estimate of drug-likeness (QED) is 0.643. The summed E-state index contributed by atoms with van der Waals surface area (Å²) >= 11 is 0. The van der Waals surface area contributed by atoms with Gasteiger partial charge in [0.1, 0.15) is 17.1 Å². The molecule has 1 unspecified atom stereocenters. The lowest BCUT2D eigenvalue weighted by Gasteiger charge is -2.33. The van der Waals surface area contributed by atoms with Crippen LogP contribution in [0.25, 0.3) is 11.8 Å². The molecule has 25 heavy (non-hydrogen) atoms. The number of benzene rings is 1. The molecule has 130 valence electrons. The summed E-state index contributed by atoms with van der Waals surface area (Å²) in [6.07, 6.45) is 7.62. The van der Waals surface area contributed by atoms with Crippen LogP contribution in [0.2, 0.25) is 0 Å². The number of allylic oxidation sites excluding steroid dienone is 3. The molecule has 0 spiro atoms. The molecule has 1 aromatic carbocycles. The smallest absolute Gasteiger partial charge is 0.234 e. The van der Waals surface area contributed by atoms with Gasteiger partial charge in [0.25, 0.3) is 0 Å². The van der Waals surface area contributed by atoms with Gasteiger partial charge in [0.15, 0.2) is 0 Å². The van der Waals surface area contributed by atoms with Crippen LogP contribution in [0, 0.1) is 0 Å². The van der Waals surface area contributed by atoms with Crippen LogP contribution in [0.4, 0.5) is 0 Å². The Morgan fingerprint density at radius 1 is 1.24 bits per heavy atom. The molecule has 3 rings (SSSR count). The lowest BCUT2D eigenvalue weighted by atomic mass is 9.84. The highest BCUT2D eigenvalue weighted by Gasteiger charge is 2.36. The second-order valence-electron chi connectivity index (χ2n) is 7.10. The maximum atomic E-state index is 12.5. The molecule has 1 aromatic rings. The molecular weight excluding hydrogens is 316 g/mol. The Morgan fingerprint density at radius 2 is 1.96 bits per heavy atom. The number of hydrogen-bond donors (Lipinski definition) is 1. The van der Waals surface area contributed by atoms with Crippen molar-refractivity contribution in [3.63, 3.8) is 0 Å². The summed E-state index contributed by atoms with van der Waals surface area (Å²) in [4.78, 5) is 24.5.